The smallest absolute Gasteiger partial charge is 0.251 e. The molecule has 2 rings (SSSR count). The molecule has 9 heteroatoms. The van der Waals surface area contributed by atoms with Crippen LogP contribution in [-0.4, -0.2) is 36.3 Å². The van der Waals surface area contributed by atoms with Gasteiger partial charge in [0.1, 0.15) is 12.4 Å². The lowest BCUT2D eigenvalue weighted by Gasteiger charge is -2.19. The van der Waals surface area contributed by atoms with Crippen molar-refractivity contribution in [3.8, 4) is 0 Å². The third-order valence-electron chi connectivity index (χ3n) is 4.07. The minimum atomic E-state index is -3.75. The van der Waals surface area contributed by atoms with Crippen LogP contribution < -0.4 is 10.9 Å². The Balaban J connectivity index is 2.24. The number of carbonyl (C=O) groups is 1. The van der Waals surface area contributed by atoms with Gasteiger partial charge in [-0.05, 0) is 30.7 Å². The van der Waals surface area contributed by atoms with Crippen molar-refractivity contribution in [2.75, 3.05) is 18.4 Å². The second-order valence-corrected chi connectivity index (χ2v) is 7.87. The lowest BCUT2D eigenvalue weighted by Crippen LogP contribution is -2.33. The Morgan fingerprint density at radius 2 is 1.85 bits per heavy atom. The number of pyridine rings is 1. The Bertz CT molecular complexity index is 998. The van der Waals surface area contributed by atoms with E-state index in [-0.39, 0.29) is 23.7 Å². The molecular weight excluding hydrogens is 373 g/mol. The summed E-state index contributed by atoms with van der Waals surface area (Å²) >= 11 is 0. The quantitative estimate of drug-likeness (QED) is 0.776. The van der Waals surface area contributed by atoms with Crippen LogP contribution in [-0.2, 0) is 21.4 Å². The number of rotatable bonds is 7. The van der Waals surface area contributed by atoms with Gasteiger partial charge in [0.05, 0.1) is 4.90 Å². The predicted molar refractivity (Wildman–Crippen MR) is 101 cm³/mol. The maximum Gasteiger partial charge on any atom is 0.251 e. The molecule has 0 spiro atoms. The zero-order chi connectivity index (χ0) is 20.2. The molecule has 0 aliphatic rings. The van der Waals surface area contributed by atoms with Crippen LogP contribution in [0.5, 0.6) is 0 Å². The molecule has 0 unspecified atom stereocenters. The number of hydrogen-bond donors (Lipinski definition) is 1. The fourth-order valence-electron chi connectivity index (χ4n) is 2.52. The van der Waals surface area contributed by atoms with Gasteiger partial charge in [-0.2, -0.15) is 4.31 Å². The summed E-state index contributed by atoms with van der Waals surface area (Å²) in [6.07, 6.45) is 1.14. The van der Waals surface area contributed by atoms with Crippen LogP contribution in [0.25, 0.3) is 0 Å². The Morgan fingerprint density at radius 3 is 2.44 bits per heavy atom. The van der Waals surface area contributed by atoms with Gasteiger partial charge in [0.25, 0.3) is 5.56 Å². The summed E-state index contributed by atoms with van der Waals surface area (Å²) in [5, 5.41) is 2.49. The maximum absolute atomic E-state index is 13.6. The normalized spacial score (nSPS) is 11.6. The van der Waals surface area contributed by atoms with Gasteiger partial charge in [-0.15, -0.1) is 0 Å². The number of hydrogen-bond acceptors (Lipinski definition) is 4. The summed E-state index contributed by atoms with van der Waals surface area (Å²) in [5.41, 5.74) is 0.181. The minimum Gasteiger partial charge on any atom is -0.324 e. The minimum absolute atomic E-state index is 0.0695. The van der Waals surface area contributed by atoms with Crippen LogP contribution in [0.15, 0.2) is 46.2 Å². The SMILES string of the molecule is CCN(CC)S(=O)(=O)c1ccc(=O)n(CC(=O)Nc2ccc(C)c(F)c2)c1. The van der Waals surface area contributed by atoms with Crippen molar-refractivity contribution in [1.82, 2.24) is 8.87 Å². The summed E-state index contributed by atoms with van der Waals surface area (Å²) in [7, 11) is -3.75. The Labute approximate surface area is 157 Å². The van der Waals surface area contributed by atoms with E-state index >= 15 is 0 Å². The molecular formula is C18H22FN3O4S. The van der Waals surface area contributed by atoms with Crippen LogP contribution >= 0.6 is 0 Å². The molecule has 0 aliphatic carbocycles. The van der Waals surface area contributed by atoms with Crippen molar-refractivity contribution in [3.63, 3.8) is 0 Å². The number of anilines is 1. The topological polar surface area (TPSA) is 88.5 Å². The van der Waals surface area contributed by atoms with E-state index in [0.717, 1.165) is 16.8 Å². The number of halogens is 1. The first-order valence-corrected chi connectivity index (χ1v) is 9.89. The summed E-state index contributed by atoms with van der Waals surface area (Å²) in [6.45, 7) is 5.21. The number of nitrogens with zero attached hydrogens (tertiary/aromatic N) is 2. The third-order valence-corrected chi connectivity index (χ3v) is 6.10. The molecule has 1 heterocycles. The van der Waals surface area contributed by atoms with Crippen LogP contribution in [0.4, 0.5) is 10.1 Å². The predicted octanol–water partition coefficient (Wildman–Crippen LogP) is 1.97. The summed E-state index contributed by atoms with van der Waals surface area (Å²) in [4.78, 5) is 24.1. The van der Waals surface area contributed by atoms with E-state index in [4.69, 9.17) is 0 Å². The van der Waals surface area contributed by atoms with E-state index in [0.29, 0.717) is 5.56 Å². The maximum atomic E-state index is 13.6. The van der Waals surface area contributed by atoms with Crippen LogP contribution in [0.3, 0.4) is 0 Å². The molecule has 27 heavy (non-hydrogen) atoms. The zero-order valence-corrected chi connectivity index (χ0v) is 16.2. The summed E-state index contributed by atoms with van der Waals surface area (Å²) < 4.78 is 41.0. The average molecular weight is 395 g/mol. The van der Waals surface area contributed by atoms with Gasteiger partial charge in [-0.1, -0.05) is 19.9 Å². The first kappa shape index (κ1) is 20.8. The van der Waals surface area contributed by atoms with Gasteiger partial charge in [-0.25, -0.2) is 12.8 Å². The van der Waals surface area contributed by atoms with Gasteiger partial charge in [0.15, 0.2) is 0 Å². The van der Waals surface area contributed by atoms with E-state index in [1.165, 1.54) is 22.5 Å². The number of aromatic nitrogens is 1. The highest BCUT2D eigenvalue weighted by Gasteiger charge is 2.22. The second kappa shape index (κ2) is 8.45. The number of carbonyl (C=O) groups excluding carboxylic acids is 1. The molecule has 1 aromatic carbocycles. The number of sulfonamides is 1. The van der Waals surface area contributed by atoms with Gasteiger partial charge in [0.2, 0.25) is 15.9 Å². The number of amides is 1. The summed E-state index contributed by atoms with van der Waals surface area (Å²) in [5.74, 6) is -1.03. The van der Waals surface area contributed by atoms with Crippen molar-refractivity contribution >= 4 is 21.6 Å². The van der Waals surface area contributed by atoms with E-state index < -0.39 is 33.9 Å². The first-order chi connectivity index (χ1) is 12.7. The molecule has 0 aliphatic heterocycles. The van der Waals surface area contributed by atoms with Crippen molar-refractivity contribution in [3.05, 3.63) is 58.3 Å². The van der Waals surface area contributed by atoms with Crippen molar-refractivity contribution in [2.24, 2.45) is 0 Å². The van der Waals surface area contributed by atoms with Crippen molar-refractivity contribution in [2.45, 2.75) is 32.2 Å². The molecule has 146 valence electrons. The van der Waals surface area contributed by atoms with Crippen molar-refractivity contribution < 1.29 is 17.6 Å². The third kappa shape index (κ3) is 4.81. The standard InChI is InChI=1S/C18H22FN3O4S/c1-4-22(5-2)27(25,26)15-8-9-18(24)21(11-15)12-17(23)20-14-7-6-13(3)16(19)10-14/h6-11H,4-5,12H2,1-3H3,(H,20,23). The largest absolute Gasteiger partial charge is 0.324 e. The Morgan fingerprint density at radius 1 is 1.19 bits per heavy atom. The lowest BCUT2D eigenvalue weighted by molar-refractivity contribution is -0.116. The van der Waals surface area contributed by atoms with E-state index in [2.05, 4.69) is 5.32 Å². The highest BCUT2D eigenvalue weighted by molar-refractivity contribution is 7.89. The lowest BCUT2D eigenvalue weighted by atomic mass is 10.2. The fraction of sp³-hybridized carbons (Fsp3) is 0.333. The second-order valence-electron chi connectivity index (χ2n) is 5.93. The van der Waals surface area contributed by atoms with Crippen LogP contribution in [0.2, 0.25) is 0 Å². The molecule has 0 saturated heterocycles. The van der Waals surface area contributed by atoms with Gasteiger partial charge in [0, 0.05) is 31.0 Å². The first-order valence-electron chi connectivity index (χ1n) is 8.45. The molecule has 1 aromatic heterocycles. The van der Waals surface area contributed by atoms with E-state index in [1.807, 2.05) is 0 Å². The molecule has 1 amide bonds. The fourth-order valence-corrected chi connectivity index (χ4v) is 4.00. The number of aryl methyl sites for hydroxylation is 1. The van der Waals surface area contributed by atoms with E-state index in [9.17, 15) is 22.4 Å². The average Bonchev–Trinajstić information content (AvgIpc) is 2.60. The van der Waals surface area contributed by atoms with E-state index in [1.54, 1.807) is 26.8 Å². The molecule has 0 radical (unpaired) electrons. The Hall–Kier alpha value is -2.52. The van der Waals surface area contributed by atoms with Crippen LogP contribution in [0.1, 0.15) is 19.4 Å². The monoisotopic (exact) mass is 395 g/mol. The molecule has 7 nitrogen and oxygen atoms in total. The van der Waals surface area contributed by atoms with Gasteiger partial charge >= 0.3 is 0 Å². The molecule has 1 N–H and O–H groups in total. The molecule has 0 atom stereocenters. The molecule has 2 aromatic rings. The van der Waals surface area contributed by atoms with Crippen LogP contribution in [0, 0.1) is 12.7 Å². The Kier molecular flexibility index (Phi) is 6.50. The highest BCUT2D eigenvalue weighted by atomic mass is 32.2. The van der Waals surface area contributed by atoms with Crippen molar-refractivity contribution in [1.29, 1.82) is 0 Å². The summed E-state index contributed by atoms with van der Waals surface area (Å²) in [6, 6.07) is 6.57. The number of nitrogens with one attached hydrogen (secondary N) is 1. The molecule has 0 saturated carbocycles. The van der Waals surface area contributed by atoms with Gasteiger partial charge < -0.3 is 9.88 Å². The van der Waals surface area contributed by atoms with Gasteiger partial charge in [-0.3, -0.25) is 9.59 Å². The number of benzene rings is 1. The zero-order valence-electron chi connectivity index (χ0n) is 15.4. The molecule has 0 bridgehead atoms. The molecule has 0 fully saturated rings. The highest BCUT2D eigenvalue weighted by Crippen LogP contribution is 2.15.